The highest BCUT2D eigenvalue weighted by Gasteiger charge is 2.34. The van der Waals surface area contributed by atoms with Gasteiger partial charge >= 0.3 is 0 Å². The number of carbonyl (C=O) groups is 2. The maximum atomic E-state index is 14.1. The van der Waals surface area contributed by atoms with Crippen molar-refractivity contribution in [1.29, 1.82) is 0 Å². The molecule has 0 aromatic heterocycles. The highest BCUT2D eigenvalue weighted by Crippen LogP contribution is 2.27. The lowest BCUT2D eigenvalue weighted by molar-refractivity contribution is -0.140. The van der Waals surface area contributed by atoms with Crippen LogP contribution in [-0.4, -0.2) is 50.0 Å². The van der Waals surface area contributed by atoms with Gasteiger partial charge in [0.15, 0.2) is 0 Å². The van der Waals surface area contributed by atoms with Gasteiger partial charge in [-0.25, -0.2) is 12.8 Å². The van der Waals surface area contributed by atoms with Crippen molar-refractivity contribution in [2.45, 2.75) is 69.0 Å². The number of carbonyl (C=O) groups excluding carboxylic acids is 2. The number of nitrogens with zero attached hydrogens (tertiary/aromatic N) is 2. The molecule has 2 amide bonds. The highest BCUT2D eigenvalue weighted by molar-refractivity contribution is 7.98. The Balaban J connectivity index is 2.05. The van der Waals surface area contributed by atoms with Crippen LogP contribution in [0.3, 0.4) is 0 Å². The van der Waals surface area contributed by atoms with Crippen LogP contribution in [-0.2, 0) is 26.2 Å². The van der Waals surface area contributed by atoms with Crippen molar-refractivity contribution in [3.05, 3.63) is 89.7 Å². The summed E-state index contributed by atoms with van der Waals surface area (Å²) < 4.78 is 42.6. The molecule has 3 aromatic rings. The van der Waals surface area contributed by atoms with E-state index in [0.29, 0.717) is 24.1 Å². The Morgan fingerprint density at radius 2 is 1.54 bits per heavy atom. The fourth-order valence-electron chi connectivity index (χ4n) is 4.26. The van der Waals surface area contributed by atoms with Gasteiger partial charge in [-0.3, -0.25) is 13.9 Å². The molecule has 0 saturated carbocycles. The van der Waals surface area contributed by atoms with E-state index >= 15 is 0 Å². The summed E-state index contributed by atoms with van der Waals surface area (Å²) in [6, 6.07) is 18.1. The van der Waals surface area contributed by atoms with Gasteiger partial charge in [-0.2, -0.15) is 0 Å². The smallest absolute Gasteiger partial charge is 0.264 e. The topological polar surface area (TPSA) is 86.8 Å². The first kappa shape index (κ1) is 32.1. The number of thioether (sulfide) groups is 1. The molecule has 3 rings (SSSR count). The Morgan fingerprint density at radius 3 is 2.07 bits per heavy atom. The number of hydrogen-bond acceptors (Lipinski definition) is 5. The predicted octanol–water partition coefficient (Wildman–Crippen LogP) is 5.77. The second kappa shape index (κ2) is 14.5. The van der Waals surface area contributed by atoms with Gasteiger partial charge in [-0.1, -0.05) is 43.7 Å². The molecule has 0 aliphatic rings. The van der Waals surface area contributed by atoms with Crippen LogP contribution < -0.4 is 9.62 Å². The van der Waals surface area contributed by atoms with Crippen LogP contribution in [0, 0.1) is 12.7 Å². The minimum absolute atomic E-state index is 0.00967. The number of rotatable bonds is 13. The van der Waals surface area contributed by atoms with Crippen molar-refractivity contribution in [1.82, 2.24) is 10.2 Å². The average Bonchev–Trinajstić information content (AvgIpc) is 2.97. The van der Waals surface area contributed by atoms with Crippen molar-refractivity contribution < 1.29 is 22.4 Å². The largest absolute Gasteiger partial charge is 0.352 e. The molecule has 41 heavy (non-hydrogen) atoms. The zero-order valence-electron chi connectivity index (χ0n) is 24.1. The second-order valence-electron chi connectivity index (χ2n) is 9.91. The van der Waals surface area contributed by atoms with Crippen LogP contribution in [0.25, 0.3) is 0 Å². The summed E-state index contributed by atoms with van der Waals surface area (Å²) in [7, 11) is -4.15. The Hall–Kier alpha value is -3.37. The maximum Gasteiger partial charge on any atom is 0.264 e. The molecule has 0 unspecified atom stereocenters. The third-order valence-corrected chi connectivity index (χ3v) is 9.43. The maximum absolute atomic E-state index is 14.1. The molecule has 10 heteroatoms. The lowest BCUT2D eigenvalue weighted by atomic mass is 10.1. The van der Waals surface area contributed by atoms with Crippen LogP contribution in [0.15, 0.2) is 82.6 Å². The molecule has 0 heterocycles. The van der Waals surface area contributed by atoms with Crippen LogP contribution in [0.1, 0.15) is 44.7 Å². The summed E-state index contributed by atoms with van der Waals surface area (Å²) in [6.45, 7) is 7.00. The fourth-order valence-corrected chi connectivity index (χ4v) is 6.08. The summed E-state index contributed by atoms with van der Waals surface area (Å²) in [5.74, 6) is -1.29. The molecule has 0 radical (unpaired) electrons. The summed E-state index contributed by atoms with van der Waals surface area (Å²) >= 11 is 1.49. The van der Waals surface area contributed by atoms with E-state index in [1.165, 1.54) is 40.9 Å². The number of amides is 2. The number of nitrogens with one attached hydrogen (secondary N) is 1. The van der Waals surface area contributed by atoms with Crippen LogP contribution >= 0.6 is 11.8 Å². The first-order valence-electron chi connectivity index (χ1n) is 13.6. The van der Waals surface area contributed by atoms with Crippen LogP contribution in [0.2, 0.25) is 0 Å². The average molecular weight is 600 g/mol. The van der Waals surface area contributed by atoms with E-state index < -0.39 is 34.3 Å². The van der Waals surface area contributed by atoms with Crippen molar-refractivity contribution >= 4 is 39.3 Å². The van der Waals surface area contributed by atoms with Gasteiger partial charge in [0.1, 0.15) is 18.4 Å². The van der Waals surface area contributed by atoms with E-state index in [-0.39, 0.29) is 23.4 Å². The summed E-state index contributed by atoms with van der Waals surface area (Å²) in [4.78, 5) is 29.7. The molecule has 0 aliphatic heterocycles. The Morgan fingerprint density at radius 1 is 0.927 bits per heavy atom. The van der Waals surface area contributed by atoms with Gasteiger partial charge in [0.05, 0.1) is 10.6 Å². The van der Waals surface area contributed by atoms with Crippen molar-refractivity contribution in [2.24, 2.45) is 0 Å². The quantitative estimate of drug-likeness (QED) is 0.252. The van der Waals surface area contributed by atoms with Gasteiger partial charge in [-0.05, 0) is 87.0 Å². The highest BCUT2D eigenvalue weighted by atomic mass is 32.2. The molecule has 2 atom stereocenters. The van der Waals surface area contributed by atoms with E-state index in [9.17, 15) is 22.4 Å². The van der Waals surface area contributed by atoms with Gasteiger partial charge in [0.2, 0.25) is 11.8 Å². The number of sulfonamides is 1. The van der Waals surface area contributed by atoms with Crippen molar-refractivity contribution in [2.75, 3.05) is 17.1 Å². The van der Waals surface area contributed by atoms with E-state index in [1.54, 1.807) is 55.5 Å². The van der Waals surface area contributed by atoms with E-state index in [4.69, 9.17) is 0 Å². The molecule has 0 fully saturated rings. The van der Waals surface area contributed by atoms with Gasteiger partial charge in [0.25, 0.3) is 10.0 Å². The molecule has 1 N–H and O–H groups in total. The molecule has 7 nitrogen and oxygen atoms in total. The third-order valence-electron chi connectivity index (χ3n) is 6.90. The first-order valence-corrected chi connectivity index (χ1v) is 16.2. The second-order valence-corrected chi connectivity index (χ2v) is 12.7. The first-order chi connectivity index (χ1) is 19.5. The third kappa shape index (κ3) is 8.33. The summed E-state index contributed by atoms with van der Waals surface area (Å²) in [5, 5.41) is 2.94. The monoisotopic (exact) mass is 599 g/mol. The number of aryl methyl sites for hydroxylation is 1. The lowest BCUT2D eigenvalue weighted by Gasteiger charge is -2.33. The van der Waals surface area contributed by atoms with Crippen LogP contribution in [0.5, 0.6) is 0 Å². The predicted molar refractivity (Wildman–Crippen MR) is 163 cm³/mol. The van der Waals surface area contributed by atoms with E-state index in [2.05, 4.69) is 5.32 Å². The number of benzene rings is 3. The summed E-state index contributed by atoms with van der Waals surface area (Å²) in [6.07, 6.45) is 2.92. The molecule has 220 valence electrons. The zero-order valence-corrected chi connectivity index (χ0v) is 25.8. The fraction of sp³-hybridized carbons (Fsp3) is 0.355. The van der Waals surface area contributed by atoms with Crippen LogP contribution in [0.4, 0.5) is 10.1 Å². The van der Waals surface area contributed by atoms with E-state index in [0.717, 1.165) is 14.8 Å². The molecule has 0 bridgehead atoms. The molecule has 0 spiro atoms. The van der Waals surface area contributed by atoms with Gasteiger partial charge in [-0.15, -0.1) is 11.8 Å². The standard InChI is InChI=1S/C31H38FN3O4S2/c1-6-23(4)33-31(37)29(7-2)34(20-24-10-12-25(32)13-11-24)30(36)21-35(26-14-8-22(3)9-15-26)41(38,39)28-18-16-27(40-5)17-19-28/h8-19,23,29H,6-7,20-21H2,1-5H3,(H,33,37)/t23-,29-/m1/s1. The minimum atomic E-state index is -4.15. The Labute approximate surface area is 247 Å². The molecule has 0 aliphatic carbocycles. The summed E-state index contributed by atoms with van der Waals surface area (Å²) in [5.41, 5.74) is 1.89. The zero-order chi connectivity index (χ0) is 30.2. The van der Waals surface area contributed by atoms with Gasteiger partial charge < -0.3 is 10.2 Å². The number of anilines is 1. The van der Waals surface area contributed by atoms with Gasteiger partial charge in [0, 0.05) is 17.5 Å². The number of hydrogen-bond donors (Lipinski definition) is 1. The van der Waals surface area contributed by atoms with Crippen molar-refractivity contribution in [3.63, 3.8) is 0 Å². The normalized spacial score (nSPS) is 12.8. The minimum Gasteiger partial charge on any atom is -0.352 e. The molecular weight excluding hydrogens is 561 g/mol. The Kier molecular flexibility index (Phi) is 11.4. The SMILES string of the molecule is CC[C@@H](C)NC(=O)[C@@H](CC)N(Cc1ccc(F)cc1)C(=O)CN(c1ccc(C)cc1)S(=O)(=O)c1ccc(SC)cc1. The Bertz CT molecular complexity index is 1410. The number of halogens is 1. The van der Waals surface area contributed by atoms with Crippen molar-refractivity contribution in [3.8, 4) is 0 Å². The molecule has 0 saturated heterocycles. The molecule has 3 aromatic carbocycles. The van der Waals surface area contributed by atoms with E-state index in [1.807, 2.05) is 27.0 Å². The lowest BCUT2D eigenvalue weighted by Crippen LogP contribution is -2.53. The molecular formula is C31H38FN3O4S2.